The van der Waals surface area contributed by atoms with Gasteiger partial charge in [-0.3, -0.25) is 0 Å². The van der Waals surface area contributed by atoms with Crippen LogP contribution in [-0.4, -0.2) is 14.2 Å². The fourth-order valence-electron chi connectivity index (χ4n) is 2.77. The molecule has 0 aliphatic carbocycles. The Morgan fingerprint density at radius 2 is 1.12 bits per heavy atom. The van der Waals surface area contributed by atoms with Crippen LogP contribution >= 0.6 is 46.4 Å². The first kappa shape index (κ1) is 24.7. The molecule has 0 atom stereocenters. The van der Waals surface area contributed by atoms with E-state index in [0.29, 0.717) is 36.8 Å². The lowest BCUT2D eigenvalue weighted by Crippen LogP contribution is -2.13. The molecule has 2 nitrogen and oxygen atoms in total. The number of benzene rings is 3. The first-order valence-electron chi connectivity index (χ1n) is 9.00. The molecule has 0 saturated carbocycles. The molecule has 3 aromatic carbocycles. The first-order chi connectivity index (χ1) is 15.1. The molecule has 166 valence electrons. The second-order valence-corrected chi connectivity index (χ2v) is 10.2. The Labute approximate surface area is 204 Å². The quantitative estimate of drug-likeness (QED) is 0.297. The molecule has 0 aliphatic heterocycles. The third-order valence-electron chi connectivity index (χ3n) is 4.40. The summed E-state index contributed by atoms with van der Waals surface area (Å²) in [7, 11) is -4.86. The van der Waals surface area contributed by atoms with Crippen molar-refractivity contribution in [2.75, 3.05) is 0 Å². The minimum Gasteiger partial charge on any atom is -0.218 e. The highest BCUT2D eigenvalue weighted by atomic mass is 35.5. The average Bonchev–Trinajstić information content (AvgIpc) is 2.72. The predicted octanol–water partition coefficient (Wildman–Crippen LogP) is 8.64. The lowest BCUT2D eigenvalue weighted by Gasteiger charge is -2.09. The molecule has 0 heterocycles. The molecule has 0 fully saturated rings. The molecule has 3 aromatic rings. The van der Waals surface area contributed by atoms with Crippen LogP contribution < -0.4 is 0 Å². The molecule has 0 radical (unpaired) electrons. The second kappa shape index (κ2) is 10.4. The van der Waals surface area contributed by atoms with Crippen LogP contribution in [-0.2, 0) is 9.84 Å². The molecule has 0 aliphatic rings. The summed E-state index contributed by atoms with van der Waals surface area (Å²) in [6, 6.07) is 13.9. The van der Waals surface area contributed by atoms with Gasteiger partial charge in [-0.1, -0.05) is 95.0 Å². The van der Waals surface area contributed by atoms with Gasteiger partial charge in [0.15, 0.2) is 0 Å². The predicted molar refractivity (Wildman–Crippen MR) is 130 cm³/mol. The first-order valence-corrected chi connectivity index (χ1v) is 12.1. The largest absolute Gasteiger partial charge is 0.341 e. The maximum absolute atomic E-state index is 13.3. The fourth-order valence-corrected chi connectivity index (χ4v) is 4.67. The molecule has 0 N–H and O–H groups in total. The molecule has 32 heavy (non-hydrogen) atoms. The summed E-state index contributed by atoms with van der Waals surface area (Å²) in [5, 5.41) is 1.64. The van der Waals surface area contributed by atoms with Gasteiger partial charge in [0.1, 0.15) is 0 Å². The van der Waals surface area contributed by atoms with Gasteiger partial charge in [0.25, 0.3) is 0 Å². The number of sulfone groups is 1. The SMILES string of the molecule is O=S(=O)(c1cc(/C=C/c2ccc(Cl)cc2Cl)ccc1/C=C/c1ccc(Cl)cc1Cl)C(F)F. The van der Waals surface area contributed by atoms with E-state index in [9.17, 15) is 17.2 Å². The Balaban J connectivity index is 2.03. The molecule has 0 unspecified atom stereocenters. The van der Waals surface area contributed by atoms with Gasteiger partial charge in [0.2, 0.25) is 9.84 Å². The summed E-state index contributed by atoms with van der Waals surface area (Å²) in [6.45, 7) is 0. The maximum Gasteiger partial charge on any atom is 0.341 e. The molecule has 0 bridgehead atoms. The summed E-state index contributed by atoms with van der Waals surface area (Å²) >= 11 is 24.0. The maximum atomic E-state index is 13.3. The van der Waals surface area contributed by atoms with Crippen molar-refractivity contribution in [2.24, 2.45) is 0 Å². The van der Waals surface area contributed by atoms with Gasteiger partial charge in [0.05, 0.1) is 4.90 Å². The number of rotatable bonds is 6. The number of alkyl halides is 2. The van der Waals surface area contributed by atoms with E-state index in [1.807, 2.05) is 0 Å². The topological polar surface area (TPSA) is 34.1 Å². The van der Waals surface area contributed by atoms with Gasteiger partial charge < -0.3 is 0 Å². The Kier molecular flexibility index (Phi) is 8.01. The standard InChI is InChI=1S/C23H14Cl4F2O2S/c24-18-9-7-15(20(26)12-18)3-1-14-2-4-17(22(11-14)32(30,31)23(28)29)6-5-16-8-10-19(25)13-21(16)27/h1-13,23H/b3-1+,6-5+. The van der Waals surface area contributed by atoms with Crippen LogP contribution in [0.25, 0.3) is 24.3 Å². The van der Waals surface area contributed by atoms with Crippen molar-refractivity contribution in [3.63, 3.8) is 0 Å². The number of hydrogen-bond acceptors (Lipinski definition) is 2. The zero-order valence-electron chi connectivity index (χ0n) is 16.1. The lowest BCUT2D eigenvalue weighted by atomic mass is 10.1. The molecule has 3 rings (SSSR count). The molecule has 0 amide bonds. The van der Waals surface area contributed by atoms with E-state index in [2.05, 4.69) is 0 Å². The average molecular weight is 534 g/mol. The highest BCUT2D eigenvalue weighted by Gasteiger charge is 2.28. The van der Waals surface area contributed by atoms with Gasteiger partial charge in [-0.05, 0) is 52.6 Å². The highest BCUT2D eigenvalue weighted by Crippen LogP contribution is 2.29. The van der Waals surface area contributed by atoms with E-state index in [4.69, 9.17) is 46.4 Å². The van der Waals surface area contributed by atoms with E-state index < -0.39 is 20.5 Å². The van der Waals surface area contributed by atoms with Crippen LogP contribution in [0, 0.1) is 0 Å². The molecule has 0 saturated heterocycles. The Hall–Kier alpha value is -1.89. The van der Waals surface area contributed by atoms with Crippen LogP contribution in [0.1, 0.15) is 22.3 Å². The normalized spacial score (nSPS) is 12.3. The summed E-state index contributed by atoms with van der Waals surface area (Å²) in [5.74, 6) is -3.57. The zero-order valence-corrected chi connectivity index (χ0v) is 19.9. The minimum atomic E-state index is -4.86. The van der Waals surface area contributed by atoms with Crippen LogP contribution in [0.3, 0.4) is 0 Å². The smallest absolute Gasteiger partial charge is 0.218 e. The van der Waals surface area contributed by atoms with Crippen molar-refractivity contribution in [3.8, 4) is 0 Å². The van der Waals surface area contributed by atoms with Crippen LogP contribution in [0.15, 0.2) is 59.5 Å². The summed E-state index contributed by atoms with van der Waals surface area (Å²) in [4.78, 5) is -0.502. The monoisotopic (exact) mass is 532 g/mol. The van der Waals surface area contributed by atoms with Gasteiger partial charge in [-0.15, -0.1) is 0 Å². The minimum absolute atomic E-state index is 0.0954. The number of halogens is 6. The second-order valence-electron chi connectivity index (χ2n) is 6.60. The van der Waals surface area contributed by atoms with E-state index in [0.717, 1.165) is 0 Å². The summed E-state index contributed by atoms with van der Waals surface area (Å²) < 4.78 is 51.3. The van der Waals surface area contributed by atoms with E-state index in [1.165, 1.54) is 30.4 Å². The molecular weight excluding hydrogens is 520 g/mol. The number of hydrogen-bond donors (Lipinski definition) is 0. The summed E-state index contributed by atoms with van der Waals surface area (Å²) in [5.41, 5.74) is 1.68. The molecule has 9 heteroatoms. The molecular formula is C23H14Cl4F2O2S. The third-order valence-corrected chi connectivity index (χ3v) is 6.96. The Morgan fingerprint density at radius 3 is 1.62 bits per heavy atom. The van der Waals surface area contributed by atoms with Gasteiger partial charge in [-0.25, -0.2) is 8.42 Å². The van der Waals surface area contributed by atoms with E-state index in [1.54, 1.807) is 48.6 Å². The Bertz CT molecular complexity index is 1320. The van der Waals surface area contributed by atoms with Crippen molar-refractivity contribution in [1.82, 2.24) is 0 Å². The fraction of sp³-hybridized carbons (Fsp3) is 0.0435. The van der Waals surface area contributed by atoms with Crippen molar-refractivity contribution in [2.45, 2.75) is 10.7 Å². The third kappa shape index (κ3) is 5.91. The zero-order chi connectivity index (χ0) is 23.5. The molecule has 0 aromatic heterocycles. The lowest BCUT2D eigenvalue weighted by molar-refractivity contribution is 0.234. The van der Waals surface area contributed by atoms with Crippen LogP contribution in [0.4, 0.5) is 8.78 Å². The van der Waals surface area contributed by atoms with Crippen molar-refractivity contribution < 1.29 is 17.2 Å². The van der Waals surface area contributed by atoms with Crippen molar-refractivity contribution in [1.29, 1.82) is 0 Å². The molecule has 0 spiro atoms. The Morgan fingerprint density at radius 1 is 0.656 bits per heavy atom. The highest BCUT2D eigenvalue weighted by molar-refractivity contribution is 7.91. The van der Waals surface area contributed by atoms with Gasteiger partial charge >= 0.3 is 5.76 Å². The van der Waals surface area contributed by atoms with Crippen LogP contribution in [0.2, 0.25) is 20.1 Å². The van der Waals surface area contributed by atoms with Crippen LogP contribution in [0.5, 0.6) is 0 Å². The van der Waals surface area contributed by atoms with Gasteiger partial charge in [-0.2, -0.15) is 8.78 Å². The van der Waals surface area contributed by atoms with E-state index >= 15 is 0 Å². The van der Waals surface area contributed by atoms with E-state index in [-0.39, 0.29) is 5.56 Å². The van der Waals surface area contributed by atoms with Crippen molar-refractivity contribution in [3.05, 3.63) is 96.9 Å². The van der Waals surface area contributed by atoms with Crippen molar-refractivity contribution >= 4 is 80.5 Å². The van der Waals surface area contributed by atoms with Gasteiger partial charge in [0, 0.05) is 20.1 Å². The summed E-state index contributed by atoms with van der Waals surface area (Å²) in [6.07, 6.45) is 6.15.